The summed E-state index contributed by atoms with van der Waals surface area (Å²) in [6, 6.07) is 3.13. The lowest BCUT2D eigenvalue weighted by Crippen LogP contribution is -2.44. The van der Waals surface area contributed by atoms with Crippen molar-refractivity contribution < 1.29 is 4.42 Å². The molecule has 3 heterocycles. The van der Waals surface area contributed by atoms with Gasteiger partial charge in [-0.2, -0.15) is 0 Å². The highest BCUT2D eigenvalue weighted by Crippen LogP contribution is 2.33. The average molecular weight is 388 g/mol. The van der Waals surface area contributed by atoms with E-state index in [-0.39, 0.29) is 28.5 Å². The third-order valence-corrected chi connectivity index (χ3v) is 4.90. The number of nitrogen functional groups attached to an aromatic ring is 2. The van der Waals surface area contributed by atoms with Gasteiger partial charge in [-0.25, -0.2) is 9.59 Å². The van der Waals surface area contributed by atoms with Crippen molar-refractivity contribution in [3.05, 3.63) is 77.0 Å². The third-order valence-electron chi connectivity index (χ3n) is 4.90. The molecule has 0 spiro atoms. The van der Waals surface area contributed by atoms with Crippen LogP contribution in [-0.4, -0.2) is 18.3 Å². The van der Waals surface area contributed by atoms with E-state index < -0.39 is 28.4 Å². The molecule has 3 aromatic heterocycles. The van der Waals surface area contributed by atoms with E-state index in [9.17, 15) is 19.2 Å². The number of anilines is 2. The highest BCUT2D eigenvalue weighted by molar-refractivity contribution is 5.55. The molecule has 0 aromatic carbocycles. The molecule has 0 saturated heterocycles. The molecule has 28 heavy (non-hydrogen) atoms. The molecule has 0 aliphatic carbocycles. The first-order valence-electron chi connectivity index (χ1n) is 8.23. The molecule has 3 aromatic rings. The maximum Gasteiger partial charge on any atom is 0.332 e. The highest BCUT2D eigenvalue weighted by Gasteiger charge is 2.33. The summed E-state index contributed by atoms with van der Waals surface area (Å²) in [4.78, 5) is 50.2. The number of hydrogen-bond donors (Lipinski definition) is 2. The Labute approximate surface area is 157 Å². The molecule has 0 aliphatic heterocycles. The number of nitrogens with zero attached hydrogens (tertiary/aromatic N) is 4. The fourth-order valence-corrected chi connectivity index (χ4v) is 3.20. The van der Waals surface area contributed by atoms with E-state index in [0.29, 0.717) is 0 Å². The second-order valence-electron chi connectivity index (χ2n) is 6.46. The zero-order valence-electron chi connectivity index (χ0n) is 15.8. The predicted molar refractivity (Wildman–Crippen MR) is 102 cm³/mol. The fourth-order valence-electron chi connectivity index (χ4n) is 3.20. The summed E-state index contributed by atoms with van der Waals surface area (Å²) >= 11 is 0. The lowest BCUT2D eigenvalue weighted by Gasteiger charge is -2.21. The molecule has 0 aliphatic rings. The molecule has 0 radical (unpaired) electrons. The third kappa shape index (κ3) is 2.51. The predicted octanol–water partition coefficient (Wildman–Crippen LogP) is -1.58. The molecule has 0 amide bonds. The number of aromatic nitrogens is 4. The Hall–Kier alpha value is -3.76. The number of furan rings is 1. The molecule has 4 N–H and O–H groups in total. The van der Waals surface area contributed by atoms with Crippen molar-refractivity contribution in [2.45, 2.75) is 5.92 Å². The first-order valence-corrected chi connectivity index (χ1v) is 8.23. The molecular formula is C17H20N6O5. The lowest BCUT2D eigenvalue weighted by molar-refractivity contribution is 0.496. The van der Waals surface area contributed by atoms with E-state index in [4.69, 9.17) is 15.9 Å². The van der Waals surface area contributed by atoms with Gasteiger partial charge < -0.3 is 15.9 Å². The van der Waals surface area contributed by atoms with Crippen LogP contribution in [0, 0.1) is 0 Å². The van der Waals surface area contributed by atoms with Gasteiger partial charge in [0.1, 0.15) is 17.4 Å². The van der Waals surface area contributed by atoms with Gasteiger partial charge in [0.15, 0.2) is 0 Å². The summed E-state index contributed by atoms with van der Waals surface area (Å²) in [7, 11) is 5.41. The lowest BCUT2D eigenvalue weighted by atomic mass is 9.90. The molecule has 11 nitrogen and oxygen atoms in total. The normalized spacial score (nSPS) is 11.3. The minimum atomic E-state index is -1.12. The molecule has 3 rings (SSSR count). The van der Waals surface area contributed by atoms with Crippen molar-refractivity contribution in [2.24, 2.45) is 28.2 Å². The molecule has 0 unspecified atom stereocenters. The Balaban J connectivity index is 2.56. The summed E-state index contributed by atoms with van der Waals surface area (Å²) in [5.41, 5.74) is 9.45. The summed E-state index contributed by atoms with van der Waals surface area (Å²) in [6.45, 7) is 0. The Bertz CT molecular complexity index is 1220. The maximum absolute atomic E-state index is 12.9. The highest BCUT2D eigenvalue weighted by atomic mass is 16.3. The Morgan fingerprint density at radius 2 is 1.21 bits per heavy atom. The molecule has 148 valence electrons. The molecular weight excluding hydrogens is 368 g/mol. The molecule has 0 atom stereocenters. The van der Waals surface area contributed by atoms with Crippen LogP contribution in [0.1, 0.15) is 22.8 Å². The number of hydrogen-bond acceptors (Lipinski definition) is 7. The zero-order chi connectivity index (χ0) is 20.9. The van der Waals surface area contributed by atoms with Gasteiger partial charge in [-0.05, 0) is 12.1 Å². The van der Waals surface area contributed by atoms with Crippen molar-refractivity contribution in [2.75, 3.05) is 11.5 Å². The van der Waals surface area contributed by atoms with Gasteiger partial charge in [0.25, 0.3) is 11.1 Å². The van der Waals surface area contributed by atoms with Crippen LogP contribution in [0.5, 0.6) is 0 Å². The van der Waals surface area contributed by atoms with Gasteiger partial charge >= 0.3 is 11.4 Å². The van der Waals surface area contributed by atoms with E-state index in [2.05, 4.69) is 0 Å². The van der Waals surface area contributed by atoms with Gasteiger partial charge in [0, 0.05) is 28.2 Å². The van der Waals surface area contributed by atoms with Crippen molar-refractivity contribution in [1.29, 1.82) is 0 Å². The Morgan fingerprint density at radius 1 is 0.786 bits per heavy atom. The molecule has 0 bridgehead atoms. The topological polar surface area (TPSA) is 153 Å². The smallest absolute Gasteiger partial charge is 0.332 e. The first-order chi connectivity index (χ1) is 13.1. The van der Waals surface area contributed by atoms with E-state index in [1.807, 2.05) is 0 Å². The van der Waals surface area contributed by atoms with Crippen LogP contribution in [0.3, 0.4) is 0 Å². The minimum Gasteiger partial charge on any atom is -0.468 e. The van der Waals surface area contributed by atoms with Gasteiger partial charge in [-0.1, -0.05) is 0 Å². The van der Waals surface area contributed by atoms with Gasteiger partial charge in [0.2, 0.25) is 0 Å². The van der Waals surface area contributed by atoms with Gasteiger partial charge in [-0.15, -0.1) is 0 Å². The van der Waals surface area contributed by atoms with E-state index in [1.54, 1.807) is 12.1 Å². The van der Waals surface area contributed by atoms with E-state index in [0.717, 1.165) is 18.3 Å². The molecule has 0 fully saturated rings. The van der Waals surface area contributed by atoms with Crippen molar-refractivity contribution in [1.82, 2.24) is 18.3 Å². The summed E-state index contributed by atoms with van der Waals surface area (Å²) in [5.74, 6) is -1.18. The number of rotatable bonds is 3. The maximum atomic E-state index is 12.9. The van der Waals surface area contributed by atoms with Crippen LogP contribution in [0.15, 0.2) is 42.0 Å². The summed E-state index contributed by atoms with van der Waals surface area (Å²) < 4.78 is 9.41. The SMILES string of the molecule is Cn1c(N)c(C(c2ccco2)c2c(N)n(C)c(=O)n(C)c2=O)c(=O)n(C)c1=O. The molecule has 0 saturated carbocycles. The van der Waals surface area contributed by atoms with Gasteiger partial charge in [0.05, 0.1) is 23.3 Å². The van der Waals surface area contributed by atoms with Crippen LogP contribution < -0.4 is 34.0 Å². The monoisotopic (exact) mass is 388 g/mol. The summed E-state index contributed by atoms with van der Waals surface area (Å²) in [6.07, 6.45) is 1.37. The first kappa shape index (κ1) is 19.0. The largest absolute Gasteiger partial charge is 0.468 e. The zero-order valence-corrected chi connectivity index (χ0v) is 15.8. The standard InChI is InChI=1S/C17H20N6O5/c1-20-12(18)10(14(24)22(3)16(20)26)9(8-6-5-7-28-8)11-13(19)21(2)17(27)23(4)15(11)25/h5-7,9H,18-19H2,1-4H3. The fraction of sp³-hybridized carbons (Fsp3) is 0.294. The minimum absolute atomic E-state index is 0.0537. The Morgan fingerprint density at radius 3 is 1.57 bits per heavy atom. The van der Waals surface area contributed by atoms with E-state index in [1.165, 1.54) is 34.5 Å². The second kappa shape index (κ2) is 6.44. The van der Waals surface area contributed by atoms with Gasteiger partial charge in [-0.3, -0.25) is 27.9 Å². The second-order valence-corrected chi connectivity index (χ2v) is 6.46. The van der Waals surface area contributed by atoms with Crippen LogP contribution in [0.4, 0.5) is 11.6 Å². The average Bonchev–Trinajstić information content (AvgIpc) is 3.21. The Kier molecular flexibility index (Phi) is 4.37. The van der Waals surface area contributed by atoms with Crippen molar-refractivity contribution in [3.8, 4) is 0 Å². The van der Waals surface area contributed by atoms with Crippen molar-refractivity contribution in [3.63, 3.8) is 0 Å². The van der Waals surface area contributed by atoms with Crippen molar-refractivity contribution >= 4 is 11.6 Å². The van der Waals surface area contributed by atoms with Crippen LogP contribution >= 0.6 is 0 Å². The van der Waals surface area contributed by atoms with E-state index >= 15 is 0 Å². The van der Waals surface area contributed by atoms with Crippen LogP contribution in [-0.2, 0) is 28.2 Å². The molecule has 11 heteroatoms. The summed E-state index contributed by atoms with van der Waals surface area (Å²) in [5, 5.41) is 0. The number of nitrogens with two attached hydrogens (primary N) is 2. The van der Waals surface area contributed by atoms with Crippen LogP contribution in [0.25, 0.3) is 0 Å². The van der Waals surface area contributed by atoms with Crippen LogP contribution in [0.2, 0.25) is 0 Å². The quantitative estimate of drug-likeness (QED) is 0.549.